The summed E-state index contributed by atoms with van der Waals surface area (Å²) in [6.45, 7) is 1.66. The number of hydrogen-bond donors (Lipinski definition) is 1. The first-order valence-electron chi connectivity index (χ1n) is 6.73. The fourth-order valence-electron chi connectivity index (χ4n) is 2.58. The highest BCUT2D eigenvalue weighted by atomic mass is 16.5. The van der Waals surface area contributed by atoms with E-state index in [0.29, 0.717) is 18.7 Å². The molecule has 1 saturated heterocycles. The van der Waals surface area contributed by atoms with E-state index in [4.69, 9.17) is 15.2 Å². The van der Waals surface area contributed by atoms with Crippen molar-refractivity contribution in [3.05, 3.63) is 29.3 Å². The van der Waals surface area contributed by atoms with E-state index in [1.54, 1.807) is 12.0 Å². The van der Waals surface area contributed by atoms with Crippen LogP contribution in [0.5, 0.6) is 11.5 Å². The first-order chi connectivity index (χ1) is 9.67. The Morgan fingerprint density at radius 1 is 1.50 bits per heavy atom. The van der Waals surface area contributed by atoms with Gasteiger partial charge < -0.3 is 20.1 Å². The lowest BCUT2D eigenvalue weighted by Crippen LogP contribution is -2.34. The summed E-state index contributed by atoms with van der Waals surface area (Å²) in [6, 6.07) is 5.67. The Morgan fingerprint density at radius 3 is 3.05 bits per heavy atom. The molecule has 5 heteroatoms. The van der Waals surface area contributed by atoms with E-state index in [-0.39, 0.29) is 11.9 Å². The number of fused-ring (bicyclic) bond motifs is 1. The van der Waals surface area contributed by atoms with Crippen molar-refractivity contribution in [1.82, 2.24) is 4.90 Å². The van der Waals surface area contributed by atoms with Gasteiger partial charge in [-0.15, -0.1) is 0 Å². The molecule has 2 aliphatic rings. The van der Waals surface area contributed by atoms with Gasteiger partial charge >= 0.3 is 0 Å². The van der Waals surface area contributed by atoms with Gasteiger partial charge in [0.15, 0.2) is 0 Å². The second-order valence-electron chi connectivity index (χ2n) is 5.16. The van der Waals surface area contributed by atoms with Crippen molar-refractivity contribution in [2.75, 3.05) is 26.8 Å². The Balaban J connectivity index is 1.84. The molecule has 1 fully saturated rings. The smallest absolute Gasteiger partial charge is 0.253 e. The summed E-state index contributed by atoms with van der Waals surface area (Å²) in [7, 11) is 1.62. The van der Waals surface area contributed by atoms with Crippen LogP contribution in [0.2, 0.25) is 0 Å². The number of benzene rings is 1. The molecule has 1 aromatic rings. The van der Waals surface area contributed by atoms with Crippen LogP contribution in [0.3, 0.4) is 0 Å². The third-order valence-corrected chi connectivity index (χ3v) is 3.72. The van der Waals surface area contributed by atoms with E-state index in [2.05, 4.69) is 0 Å². The Hall–Kier alpha value is -2.01. The van der Waals surface area contributed by atoms with Gasteiger partial charge in [0.1, 0.15) is 18.1 Å². The molecule has 2 N–H and O–H groups in total. The lowest BCUT2D eigenvalue weighted by atomic mass is 10.1. The van der Waals surface area contributed by atoms with Crippen LogP contribution in [0.25, 0.3) is 6.08 Å². The first-order valence-corrected chi connectivity index (χ1v) is 6.73. The third-order valence-electron chi connectivity index (χ3n) is 3.72. The van der Waals surface area contributed by atoms with Crippen molar-refractivity contribution < 1.29 is 14.3 Å². The predicted octanol–water partition coefficient (Wildman–Crippen LogP) is 1.03. The third kappa shape index (κ3) is 2.36. The number of ether oxygens (including phenoxy) is 2. The first kappa shape index (κ1) is 13.0. The Morgan fingerprint density at radius 2 is 2.35 bits per heavy atom. The van der Waals surface area contributed by atoms with E-state index in [9.17, 15) is 4.79 Å². The fraction of sp³-hybridized carbons (Fsp3) is 0.400. The Labute approximate surface area is 118 Å². The van der Waals surface area contributed by atoms with Gasteiger partial charge in [-0.2, -0.15) is 0 Å². The molecule has 1 atom stereocenters. The van der Waals surface area contributed by atoms with Crippen molar-refractivity contribution in [2.45, 2.75) is 12.5 Å². The van der Waals surface area contributed by atoms with Gasteiger partial charge in [-0.25, -0.2) is 0 Å². The molecule has 2 aliphatic heterocycles. The lowest BCUT2D eigenvalue weighted by molar-refractivity contribution is -0.126. The minimum absolute atomic E-state index is 0.0198. The number of nitrogens with zero attached hydrogens (tertiary/aromatic N) is 1. The van der Waals surface area contributed by atoms with Crippen LogP contribution in [0, 0.1) is 0 Å². The molecule has 0 spiro atoms. The number of likely N-dealkylation sites (tertiary alicyclic amines) is 1. The highest BCUT2D eigenvalue weighted by Crippen LogP contribution is 2.30. The zero-order valence-corrected chi connectivity index (χ0v) is 11.5. The average Bonchev–Trinajstić information content (AvgIpc) is 2.91. The predicted molar refractivity (Wildman–Crippen MR) is 75.6 cm³/mol. The maximum Gasteiger partial charge on any atom is 0.253 e. The van der Waals surface area contributed by atoms with E-state index >= 15 is 0 Å². The molecule has 5 nitrogen and oxygen atoms in total. The number of nitrogens with two attached hydrogens (primary N) is 1. The van der Waals surface area contributed by atoms with Crippen molar-refractivity contribution in [1.29, 1.82) is 0 Å². The summed E-state index contributed by atoms with van der Waals surface area (Å²) in [5.41, 5.74) is 7.39. The number of carbonyl (C=O) groups excluding carboxylic acids is 1. The zero-order chi connectivity index (χ0) is 14.1. The SMILES string of the molecule is COc1ccc2c(c1)C=C(C(=O)N1CC[C@@H](N)C1)CO2. The van der Waals surface area contributed by atoms with Crippen LogP contribution in [0.15, 0.2) is 23.8 Å². The topological polar surface area (TPSA) is 64.8 Å². The van der Waals surface area contributed by atoms with Crippen molar-refractivity contribution >= 4 is 12.0 Å². The van der Waals surface area contributed by atoms with Gasteiger partial charge in [-0.3, -0.25) is 4.79 Å². The number of amides is 1. The van der Waals surface area contributed by atoms with Gasteiger partial charge in [0.25, 0.3) is 5.91 Å². The summed E-state index contributed by atoms with van der Waals surface area (Å²) in [5.74, 6) is 1.55. The normalized spacial score (nSPS) is 21.0. The molecule has 0 saturated carbocycles. The molecule has 1 aromatic carbocycles. The maximum absolute atomic E-state index is 12.4. The van der Waals surface area contributed by atoms with Crippen LogP contribution in [-0.4, -0.2) is 43.7 Å². The average molecular weight is 274 g/mol. The van der Waals surface area contributed by atoms with Gasteiger partial charge in [-0.05, 0) is 30.7 Å². The van der Waals surface area contributed by atoms with Gasteiger partial charge in [0, 0.05) is 24.7 Å². The van der Waals surface area contributed by atoms with Crippen molar-refractivity contribution in [2.24, 2.45) is 5.73 Å². The molecule has 0 aromatic heterocycles. The van der Waals surface area contributed by atoms with E-state index in [1.807, 2.05) is 24.3 Å². The zero-order valence-electron chi connectivity index (χ0n) is 11.5. The molecule has 2 heterocycles. The molecule has 0 bridgehead atoms. The molecule has 20 heavy (non-hydrogen) atoms. The molecule has 3 rings (SSSR count). The summed E-state index contributed by atoms with van der Waals surface area (Å²) in [6.07, 6.45) is 2.75. The number of carbonyl (C=O) groups is 1. The maximum atomic E-state index is 12.4. The second kappa shape index (κ2) is 5.17. The second-order valence-corrected chi connectivity index (χ2v) is 5.16. The van der Waals surface area contributed by atoms with Crippen molar-refractivity contribution in [3.63, 3.8) is 0 Å². The van der Waals surface area contributed by atoms with Crippen LogP contribution in [-0.2, 0) is 4.79 Å². The fourth-order valence-corrected chi connectivity index (χ4v) is 2.58. The highest BCUT2D eigenvalue weighted by molar-refractivity contribution is 5.99. The lowest BCUT2D eigenvalue weighted by Gasteiger charge is -2.22. The summed E-state index contributed by atoms with van der Waals surface area (Å²) < 4.78 is 10.8. The number of hydrogen-bond acceptors (Lipinski definition) is 4. The van der Waals surface area contributed by atoms with Crippen LogP contribution in [0.4, 0.5) is 0 Å². The largest absolute Gasteiger partial charge is 0.497 e. The van der Waals surface area contributed by atoms with Crippen molar-refractivity contribution in [3.8, 4) is 11.5 Å². The molecular formula is C15H18N2O3. The van der Waals surface area contributed by atoms with E-state index < -0.39 is 0 Å². The molecule has 106 valence electrons. The summed E-state index contributed by atoms with van der Waals surface area (Å²) >= 11 is 0. The van der Waals surface area contributed by atoms with Gasteiger partial charge in [0.05, 0.1) is 12.7 Å². The van der Waals surface area contributed by atoms with E-state index in [1.165, 1.54) is 0 Å². The molecule has 0 radical (unpaired) electrons. The number of methoxy groups -OCH3 is 1. The minimum Gasteiger partial charge on any atom is -0.497 e. The standard InChI is InChI=1S/C15H18N2O3/c1-19-13-2-3-14-10(7-13)6-11(9-20-14)15(18)17-5-4-12(16)8-17/h2-3,6-7,12H,4-5,8-9,16H2,1H3/t12-/m1/s1. The van der Waals surface area contributed by atoms with Crippen LogP contribution < -0.4 is 15.2 Å². The Kier molecular flexibility index (Phi) is 3.36. The highest BCUT2D eigenvalue weighted by Gasteiger charge is 2.27. The quantitative estimate of drug-likeness (QED) is 0.875. The molecule has 0 unspecified atom stereocenters. The Bertz CT molecular complexity index is 568. The molecule has 0 aliphatic carbocycles. The monoisotopic (exact) mass is 274 g/mol. The van der Waals surface area contributed by atoms with Crippen LogP contribution >= 0.6 is 0 Å². The number of rotatable bonds is 2. The van der Waals surface area contributed by atoms with Gasteiger partial charge in [-0.1, -0.05) is 0 Å². The van der Waals surface area contributed by atoms with E-state index in [0.717, 1.165) is 30.0 Å². The molecular weight excluding hydrogens is 256 g/mol. The summed E-state index contributed by atoms with van der Waals surface area (Å²) in [4.78, 5) is 14.2. The van der Waals surface area contributed by atoms with Gasteiger partial charge in [0.2, 0.25) is 0 Å². The summed E-state index contributed by atoms with van der Waals surface area (Å²) in [5, 5.41) is 0. The molecule has 1 amide bonds. The minimum atomic E-state index is 0.0198. The van der Waals surface area contributed by atoms with Crippen LogP contribution in [0.1, 0.15) is 12.0 Å².